The van der Waals surface area contributed by atoms with Crippen LogP contribution < -0.4 is 0 Å². The van der Waals surface area contributed by atoms with Crippen molar-refractivity contribution in [2.45, 2.75) is 25.7 Å². The molecule has 5 aromatic carbocycles. The summed E-state index contributed by atoms with van der Waals surface area (Å²) >= 11 is 0. The molecule has 196 valence electrons. The maximum Gasteiger partial charge on any atom is 0.137 e. The van der Waals surface area contributed by atoms with Crippen LogP contribution in [0.2, 0.25) is 0 Å². The van der Waals surface area contributed by atoms with Crippen LogP contribution in [-0.4, -0.2) is 4.57 Å². The van der Waals surface area contributed by atoms with E-state index in [9.17, 15) is 0 Å². The molecular formula is C39H29NO. The number of fused-ring (bicyclic) bond motifs is 9. The first-order valence-corrected chi connectivity index (χ1v) is 14.5. The van der Waals surface area contributed by atoms with Crippen molar-refractivity contribution in [1.29, 1.82) is 0 Å². The van der Waals surface area contributed by atoms with Crippen molar-refractivity contribution < 1.29 is 4.42 Å². The second-order valence-corrected chi connectivity index (χ2v) is 12.2. The summed E-state index contributed by atoms with van der Waals surface area (Å²) < 4.78 is 9.01. The van der Waals surface area contributed by atoms with Gasteiger partial charge in [-0.25, -0.2) is 0 Å². The van der Waals surface area contributed by atoms with Crippen LogP contribution in [0, 0.1) is 5.92 Å². The lowest BCUT2D eigenvalue weighted by Crippen LogP contribution is -2.27. The molecule has 2 nitrogen and oxygen atoms in total. The molecule has 0 N–H and O–H groups in total. The van der Waals surface area contributed by atoms with E-state index in [0.717, 1.165) is 34.0 Å². The average molecular weight is 528 g/mol. The SMILES string of the molecule is CC1(C)c2ccccc2C2=Cc3c(n(-c4ccc5c(c4)oc4cc(-c6ccccc6)ccc45)c4ccccc34)CC21. The monoisotopic (exact) mass is 527 g/mol. The van der Waals surface area contributed by atoms with Crippen molar-refractivity contribution in [3.63, 3.8) is 0 Å². The van der Waals surface area contributed by atoms with Gasteiger partial charge in [0, 0.05) is 39.2 Å². The molecule has 0 saturated carbocycles. The lowest BCUT2D eigenvalue weighted by atomic mass is 9.73. The number of para-hydroxylation sites is 1. The third kappa shape index (κ3) is 3.13. The van der Waals surface area contributed by atoms with Gasteiger partial charge in [-0.3, -0.25) is 0 Å². The summed E-state index contributed by atoms with van der Waals surface area (Å²) in [5.41, 5.74) is 13.8. The van der Waals surface area contributed by atoms with Gasteiger partial charge >= 0.3 is 0 Å². The lowest BCUT2D eigenvalue weighted by Gasteiger charge is -2.31. The van der Waals surface area contributed by atoms with Gasteiger partial charge in [-0.1, -0.05) is 92.7 Å². The van der Waals surface area contributed by atoms with E-state index in [4.69, 9.17) is 4.42 Å². The molecule has 2 aliphatic carbocycles. The number of hydrogen-bond donors (Lipinski definition) is 0. The van der Waals surface area contributed by atoms with E-state index in [1.165, 1.54) is 50.0 Å². The predicted molar refractivity (Wildman–Crippen MR) is 171 cm³/mol. The fraction of sp³-hybridized carbons (Fsp3) is 0.128. The molecule has 2 aliphatic rings. The van der Waals surface area contributed by atoms with E-state index in [1.54, 1.807) is 0 Å². The van der Waals surface area contributed by atoms with Crippen LogP contribution >= 0.6 is 0 Å². The highest BCUT2D eigenvalue weighted by molar-refractivity contribution is 6.07. The minimum absolute atomic E-state index is 0.0839. The van der Waals surface area contributed by atoms with Crippen molar-refractivity contribution in [2.75, 3.05) is 0 Å². The maximum atomic E-state index is 6.53. The van der Waals surface area contributed by atoms with Crippen LogP contribution in [-0.2, 0) is 11.8 Å². The van der Waals surface area contributed by atoms with Gasteiger partial charge in [0.05, 0.1) is 5.52 Å². The van der Waals surface area contributed by atoms with Crippen LogP contribution in [0.4, 0.5) is 0 Å². The van der Waals surface area contributed by atoms with E-state index in [0.29, 0.717) is 5.92 Å². The number of allylic oxidation sites excluding steroid dienone is 1. The van der Waals surface area contributed by atoms with Crippen molar-refractivity contribution >= 4 is 44.5 Å². The molecule has 2 heteroatoms. The normalized spacial score (nSPS) is 17.0. The van der Waals surface area contributed by atoms with Crippen LogP contribution in [0.15, 0.2) is 120 Å². The van der Waals surface area contributed by atoms with Crippen LogP contribution in [0.3, 0.4) is 0 Å². The van der Waals surface area contributed by atoms with Gasteiger partial charge in [0.15, 0.2) is 0 Å². The second-order valence-electron chi connectivity index (χ2n) is 12.2. The summed E-state index contributed by atoms with van der Waals surface area (Å²) in [7, 11) is 0. The Labute approximate surface area is 239 Å². The summed E-state index contributed by atoms with van der Waals surface area (Å²) in [5.74, 6) is 0.446. The molecule has 0 amide bonds. The molecule has 0 spiro atoms. The Bertz CT molecular complexity index is 2210. The van der Waals surface area contributed by atoms with Crippen LogP contribution in [0.25, 0.3) is 61.3 Å². The molecule has 41 heavy (non-hydrogen) atoms. The third-order valence-corrected chi connectivity index (χ3v) is 9.71. The lowest BCUT2D eigenvalue weighted by molar-refractivity contribution is 0.405. The largest absolute Gasteiger partial charge is 0.456 e. The summed E-state index contributed by atoms with van der Waals surface area (Å²) in [4.78, 5) is 0. The van der Waals surface area contributed by atoms with Gasteiger partial charge in [-0.05, 0) is 82.0 Å². The zero-order valence-electron chi connectivity index (χ0n) is 23.2. The average Bonchev–Trinajstić information content (AvgIpc) is 3.61. The molecule has 0 fully saturated rings. The van der Waals surface area contributed by atoms with Crippen LogP contribution in [0.1, 0.15) is 36.2 Å². The first kappa shape index (κ1) is 22.9. The highest BCUT2D eigenvalue weighted by atomic mass is 16.3. The predicted octanol–water partition coefficient (Wildman–Crippen LogP) is 10.2. The minimum atomic E-state index is 0.0839. The highest BCUT2D eigenvalue weighted by Crippen LogP contribution is 2.55. The Morgan fingerprint density at radius 2 is 1.41 bits per heavy atom. The Kier molecular flexibility index (Phi) is 4.54. The van der Waals surface area contributed by atoms with Gasteiger partial charge in [0.1, 0.15) is 11.2 Å². The van der Waals surface area contributed by atoms with Gasteiger partial charge in [-0.2, -0.15) is 0 Å². The van der Waals surface area contributed by atoms with Crippen molar-refractivity contribution in [1.82, 2.24) is 4.57 Å². The van der Waals surface area contributed by atoms with Crippen molar-refractivity contribution in [3.05, 3.63) is 138 Å². The van der Waals surface area contributed by atoms with E-state index >= 15 is 0 Å². The summed E-state index contributed by atoms with van der Waals surface area (Å²) in [5, 5.41) is 3.62. The summed E-state index contributed by atoms with van der Waals surface area (Å²) in [6, 6.07) is 41.7. The van der Waals surface area contributed by atoms with E-state index in [1.807, 2.05) is 0 Å². The first-order valence-electron chi connectivity index (χ1n) is 14.5. The van der Waals surface area contributed by atoms with Gasteiger partial charge < -0.3 is 8.98 Å². The van der Waals surface area contributed by atoms with Gasteiger partial charge in [-0.15, -0.1) is 0 Å². The smallest absolute Gasteiger partial charge is 0.137 e. The van der Waals surface area contributed by atoms with E-state index in [2.05, 4.69) is 140 Å². The highest BCUT2D eigenvalue weighted by Gasteiger charge is 2.45. The molecule has 0 bridgehead atoms. The number of nitrogens with zero attached hydrogens (tertiary/aromatic N) is 1. The van der Waals surface area contributed by atoms with Crippen LogP contribution in [0.5, 0.6) is 0 Å². The molecule has 9 rings (SSSR count). The number of benzene rings is 5. The maximum absolute atomic E-state index is 6.53. The number of rotatable bonds is 2. The summed E-state index contributed by atoms with van der Waals surface area (Å²) in [6.07, 6.45) is 3.50. The van der Waals surface area contributed by atoms with Gasteiger partial charge in [0.25, 0.3) is 0 Å². The third-order valence-electron chi connectivity index (χ3n) is 9.71. The fourth-order valence-electron chi connectivity index (χ4n) is 7.64. The van der Waals surface area contributed by atoms with Gasteiger partial charge in [0.2, 0.25) is 0 Å². The Balaban J connectivity index is 1.23. The molecular weight excluding hydrogens is 498 g/mol. The molecule has 1 unspecified atom stereocenters. The molecule has 0 radical (unpaired) electrons. The molecule has 0 aliphatic heterocycles. The zero-order valence-corrected chi connectivity index (χ0v) is 23.2. The Hall–Kier alpha value is -4.82. The van der Waals surface area contributed by atoms with Crippen molar-refractivity contribution in [3.8, 4) is 16.8 Å². The standard InChI is InChI=1S/C39H29NO/c1-39(2)33-14-8-6-12-27(33)31-22-32-28-13-7-9-15-35(28)40(36(32)23-34(31)39)26-17-19-30-29-18-16-25(24-10-4-3-5-11-24)20-37(29)41-38(30)21-26/h3-22,34H,23H2,1-2H3. The Morgan fingerprint density at radius 1 is 0.683 bits per heavy atom. The van der Waals surface area contributed by atoms with Crippen molar-refractivity contribution in [2.24, 2.45) is 5.92 Å². The number of aromatic nitrogens is 1. The Morgan fingerprint density at radius 3 is 2.29 bits per heavy atom. The zero-order chi connectivity index (χ0) is 27.3. The second kappa shape index (κ2) is 8.11. The number of furan rings is 1. The van der Waals surface area contributed by atoms with E-state index in [-0.39, 0.29) is 5.41 Å². The summed E-state index contributed by atoms with van der Waals surface area (Å²) in [6.45, 7) is 4.83. The first-order chi connectivity index (χ1) is 20.1. The molecule has 7 aromatic rings. The number of hydrogen-bond acceptors (Lipinski definition) is 1. The molecule has 0 saturated heterocycles. The quantitative estimate of drug-likeness (QED) is 0.219. The minimum Gasteiger partial charge on any atom is -0.456 e. The molecule has 2 aromatic heterocycles. The topological polar surface area (TPSA) is 18.1 Å². The molecule has 1 atom stereocenters. The fourth-order valence-corrected chi connectivity index (χ4v) is 7.64. The van der Waals surface area contributed by atoms with E-state index < -0.39 is 0 Å². The molecule has 2 heterocycles.